The van der Waals surface area contributed by atoms with E-state index in [0.29, 0.717) is 0 Å². The highest BCUT2D eigenvalue weighted by molar-refractivity contribution is 6.30. The van der Waals surface area contributed by atoms with Gasteiger partial charge in [0.1, 0.15) is 5.75 Å². The van der Waals surface area contributed by atoms with Gasteiger partial charge in [-0.05, 0) is 37.7 Å². The second-order valence-electron chi connectivity index (χ2n) is 5.55. The average Bonchev–Trinajstić information content (AvgIpc) is 2.52. The van der Waals surface area contributed by atoms with Crippen molar-refractivity contribution in [2.45, 2.75) is 6.42 Å². The van der Waals surface area contributed by atoms with Gasteiger partial charge in [0.05, 0.1) is 6.61 Å². The molecule has 1 aromatic carbocycles. The maximum Gasteiger partial charge on any atom is 0.119 e. The van der Waals surface area contributed by atoms with Gasteiger partial charge in [0, 0.05) is 50.8 Å². The molecule has 0 bridgehead atoms. The lowest BCUT2D eigenvalue weighted by Gasteiger charge is -2.29. The lowest BCUT2D eigenvalue weighted by atomic mass is 10.3. The molecule has 4 nitrogen and oxygen atoms in total. The van der Waals surface area contributed by atoms with E-state index < -0.39 is 0 Å². The number of halogens is 1. The maximum absolute atomic E-state index is 5.84. The summed E-state index contributed by atoms with van der Waals surface area (Å²) in [6.45, 7) is 8.70. The van der Waals surface area contributed by atoms with Crippen molar-refractivity contribution < 1.29 is 4.74 Å². The van der Waals surface area contributed by atoms with E-state index in [4.69, 9.17) is 16.3 Å². The Bertz CT molecular complexity index is 393. The number of rotatable bonds is 8. The SMILES string of the molecule is CN(CCCOc1ccc(Cl)cc1)CCN1CCNCC1. The standard InChI is InChI=1S/C16H26ClN3O/c1-19(12-13-20-10-7-18-8-11-20)9-2-14-21-16-5-3-15(17)4-6-16/h3-6,18H,2,7-14H2,1H3. The molecular formula is C16H26ClN3O. The smallest absolute Gasteiger partial charge is 0.119 e. The zero-order chi connectivity index (χ0) is 14.9. The predicted octanol–water partition coefficient (Wildman–Crippen LogP) is 1.95. The Balaban J connectivity index is 1.52. The maximum atomic E-state index is 5.84. The monoisotopic (exact) mass is 311 g/mol. The highest BCUT2D eigenvalue weighted by Crippen LogP contribution is 2.15. The summed E-state index contributed by atoms with van der Waals surface area (Å²) in [6, 6.07) is 7.54. The summed E-state index contributed by atoms with van der Waals surface area (Å²) in [5.41, 5.74) is 0. The minimum atomic E-state index is 0.745. The van der Waals surface area contributed by atoms with Crippen LogP contribution in [0.3, 0.4) is 0 Å². The van der Waals surface area contributed by atoms with Crippen LogP contribution in [0.2, 0.25) is 5.02 Å². The van der Waals surface area contributed by atoms with Crippen molar-refractivity contribution in [1.82, 2.24) is 15.1 Å². The summed E-state index contributed by atoms with van der Waals surface area (Å²) in [5, 5.41) is 4.13. The van der Waals surface area contributed by atoms with Gasteiger partial charge in [-0.2, -0.15) is 0 Å². The van der Waals surface area contributed by atoms with Gasteiger partial charge in [-0.1, -0.05) is 11.6 Å². The van der Waals surface area contributed by atoms with E-state index in [-0.39, 0.29) is 0 Å². The van der Waals surface area contributed by atoms with Crippen LogP contribution in [-0.4, -0.2) is 69.3 Å². The fraction of sp³-hybridized carbons (Fsp3) is 0.625. The van der Waals surface area contributed by atoms with Gasteiger partial charge in [-0.15, -0.1) is 0 Å². The third-order valence-electron chi connectivity index (χ3n) is 3.77. The molecule has 5 heteroatoms. The highest BCUT2D eigenvalue weighted by Gasteiger charge is 2.09. The molecule has 1 aromatic rings. The van der Waals surface area contributed by atoms with Crippen molar-refractivity contribution in [3.8, 4) is 5.75 Å². The first-order valence-electron chi connectivity index (χ1n) is 7.74. The van der Waals surface area contributed by atoms with Gasteiger partial charge >= 0.3 is 0 Å². The summed E-state index contributed by atoms with van der Waals surface area (Å²) < 4.78 is 5.70. The number of hydrogen-bond donors (Lipinski definition) is 1. The summed E-state index contributed by atoms with van der Waals surface area (Å²) in [5.74, 6) is 0.892. The number of likely N-dealkylation sites (N-methyl/N-ethyl adjacent to an activating group) is 1. The molecular weight excluding hydrogens is 286 g/mol. The van der Waals surface area contributed by atoms with E-state index in [9.17, 15) is 0 Å². The number of piperazine rings is 1. The summed E-state index contributed by atoms with van der Waals surface area (Å²) in [7, 11) is 2.19. The Morgan fingerprint density at radius 2 is 1.90 bits per heavy atom. The molecule has 1 N–H and O–H groups in total. The second-order valence-corrected chi connectivity index (χ2v) is 5.99. The topological polar surface area (TPSA) is 27.7 Å². The number of nitrogens with zero attached hydrogens (tertiary/aromatic N) is 2. The van der Waals surface area contributed by atoms with Gasteiger partial charge in [-0.25, -0.2) is 0 Å². The van der Waals surface area contributed by atoms with Crippen molar-refractivity contribution in [2.24, 2.45) is 0 Å². The molecule has 0 saturated carbocycles. The van der Waals surface area contributed by atoms with Gasteiger partial charge in [0.15, 0.2) is 0 Å². The van der Waals surface area contributed by atoms with E-state index in [1.165, 1.54) is 13.1 Å². The van der Waals surface area contributed by atoms with E-state index in [2.05, 4.69) is 22.2 Å². The zero-order valence-electron chi connectivity index (χ0n) is 12.9. The molecule has 1 aliphatic rings. The Morgan fingerprint density at radius 3 is 2.62 bits per heavy atom. The predicted molar refractivity (Wildman–Crippen MR) is 88.4 cm³/mol. The number of nitrogens with one attached hydrogen (secondary N) is 1. The molecule has 21 heavy (non-hydrogen) atoms. The van der Waals surface area contributed by atoms with Crippen molar-refractivity contribution in [3.05, 3.63) is 29.3 Å². The van der Waals surface area contributed by atoms with Gasteiger partial charge in [0.2, 0.25) is 0 Å². The van der Waals surface area contributed by atoms with Crippen molar-refractivity contribution in [2.75, 3.05) is 59.5 Å². The van der Waals surface area contributed by atoms with Crippen LogP contribution in [0, 0.1) is 0 Å². The third-order valence-corrected chi connectivity index (χ3v) is 4.03. The molecule has 1 fully saturated rings. The van der Waals surface area contributed by atoms with Crippen molar-refractivity contribution in [3.63, 3.8) is 0 Å². The highest BCUT2D eigenvalue weighted by atomic mass is 35.5. The van der Waals surface area contributed by atoms with E-state index >= 15 is 0 Å². The minimum absolute atomic E-state index is 0.745. The van der Waals surface area contributed by atoms with Gasteiger partial charge in [0.25, 0.3) is 0 Å². The zero-order valence-corrected chi connectivity index (χ0v) is 13.6. The fourth-order valence-corrected chi connectivity index (χ4v) is 2.54. The molecule has 0 radical (unpaired) electrons. The molecule has 1 saturated heterocycles. The van der Waals surface area contributed by atoms with Crippen LogP contribution in [-0.2, 0) is 0 Å². The Hall–Kier alpha value is -0.810. The van der Waals surface area contributed by atoms with Crippen molar-refractivity contribution in [1.29, 1.82) is 0 Å². The quantitative estimate of drug-likeness (QED) is 0.743. The van der Waals surface area contributed by atoms with Crippen LogP contribution in [0.15, 0.2) is 24.3 Å². The van der Waals surface area contributed by atoms with Gasteiger partial charge in [-0.3, -0.25) is 4.90 Å². The first kappa shape index (κ1) is 16.6. The second kappa shape index (κ2) is 9.26. The van der Waals surface area contributed by atoms with Crippen LogP contribution < -0.4 is 10.1 Å². The number of benzene rings is 1. The van der Waals surface area contributed by atoms with Crippen LogP contribution >= 0.6 is 11.6 Å². The minimum Gasteiger partial charge on any atom is -0.494 e. The van der Waals surface area contributed by atoms with Crippen molar-refractivity contribution >= 4 is 11.6 Å². The normalized spacial score (nSPS) is 16.3. The average molecular weight is 312 g/mol. The van der Waals surface area contributed by atoms with E-state index in [0.717, 1.165) is 56.5 Å². The summed E-state index contributed by atoms with van der Waals surface area (Å²) >= 11 is 5.84. The molecule has 0 atom stereocenters. The molecule has 1 aliphatic heterocycles. The van der Waals surface area contributed by atoms with E-state index in [1.54, 1.807) is 0 Å². The largest absolute Gasteiger partial charge is 0.494 e. The Kier molecular flexibility index (Phi) is 7.30. The molecule has 1 heterocycles. The summed E-state index contributed by atoms with van der Waals surface area (Å²) in [4.78, 5) is 4.91. The number of hydrogen-bond acceptors (Lipinski definition) is 4. The molecule has 0 unspecified atom stereocenters. The van der Waals surface area contributed by atoms with Gasteiger partial charge < -0.3 is 15.0 Å². The molecule has 118 valence electrons. The van der Waals surface area contributed by atoms with Crippen LogP contribution in [0.5, 0.6) is 5.75 Å². The molecule has 0 spiro atoms. The first-order valence-corrected chi connectivity index (χ1v) is 8.12. The molecule has 0 amide bonds. The van der Waals surface area contributed by atoms with Crippen LogP contribution in [0.4, 0.5) is 0 Å². The molecule has 0 aliphatic carbocycles. The molecule has 2 rings (SSSR count). The van der Waals surface area contributed by atoms with Crippen LogP contribution in [0.1, 0.15) is 6.42 Å². The third kappa shape index (κ3) is 6.66. The Labute approximate surface area is 133 Å². The number of ether oxygens (including phenoxy) is 1. The molecule has 0 aromatic heterocycles. The fourth-order valence-electron chi connectivity index (χ4n) is 2.41. The summed E-state index contributed by atoms with van der Waals surface area (Å²) in [6.07, 6.45) is 1.04. The Morgan fingerprint density at radius 1 is 1.19 bits per heavy atom. The van der Waals surface area contributed by atoms with Crippen LogP contribution in [0.25, 0.3) is 0 Å². The lowest BCUT2D eigenvalue weighted by molar-refractivity contribution is 0.197. The first-order chi connectivity index (χ1) is 10.2. The van der Waals surface area contributed by atoms with E-state index in [1.807, 2.05) is 24.3 Å². The lowest BCUT2D eigenvalue weighted by Crippen LogP contribution is -2.46.